The van der Waals surface area contributed by atoms with Crippen molar-refractivity contribution < 1.29 is 28.5 Å². The minimum Gasteiger partial charge on any atom is -0.493 e. The Morgan fingerprint density at radius 1 is 1.12 bits per heavy atom. The van der Waals surface area contributed by atoms with Gasteiger partial charge >= 0.3 is 0 Å². The second kappa shape index (κ2) is 7.01. The Balaban J connectivity index is 1.96. The van der Waals surface area contributed by atoms with E-state index in [4.69, 9.17) is 36.3 Å². The summed E-state index contributed by atoms with van der Waals surface area (Å²) in [6, 6.07) is 5.78. The number of carbonyl (C=O) groups is 2. The van der Waals surface area contributed by atoms with Crippen molar-refractivity contribution in [3.05, 3.63) is 40.4 Å². The summed E-state index contributed by atoms with van der Waals surface area (Å²) >= 11 is 6.10. The summed E-state index contributed by atoms with van der Waals surface area (Å²) in [4.78, 5) is 24.3. The first kappa shape index (κ1) is 17.7. The minimum atomic E-state index is -0.732. The number of hydrogen-bond acceptors (Lipinski definition) is 6. The lowest BCUT2D eigenvalue weighted by molar-refractivity contribution is 0.100. The zero-order valence-corrected chi connectivity index (χ0v) is 14.7. The van der Waals surface area contributed by atoms with Crippen molar-refractivity contribution in [3.8, 4) is 23.0 Å². The monoisotopic (exact) mass is 378 g/mol. The number of ether oxygens (including phenoxy) is 4. The Labute approximate surface area is 153 Å². The largest absolute Gasteiger partial charge is 0.493 e. The molecule has 136 valence electrons. The van der Waals surface area contributed by atoms with Crippen LogP contribution in [-0.2, 0) is 0 Å². The minimum absolute atomic E-state index is 0.0294. The number of rotatable bonds is 5. The van der Waals surface area contributed by atoms with Gasteiger partial charge in [-0.1, -0.05) is 11.6 Å². The third-order valence-electron chi connectivity index (χ3n) is 3.73. The molecule has 1 heterocycles. The van der Waals surface area contributed by atoms with E-state index in [1.807, 2.05) is 0 Å². The van der Waals surface area contributed by atoms with E-state index in [2.05, 4.69) is 5.32 Å². The number of nitrogens with two attached hydrogens (primary N) is 1. The summed E-state index contributed by atoms with van der Waals surface area (Å²) in [5.74, 6) is 0.143. The zero-order valence-electron chi connectivity index (χ0n) is 13.9. The average molecular weight is 379 g/mol. The van der Waals surface area contributed by atoms with Crippen LogP contribution < -0.4 is 30.0 Å². The fourth-order valence-electron chi connectivity index (χ4n) is 2.48. The summed E-state index contributed by atoms with van der Waals surface area (Å²) < 4.78 is 20.8. The Morgan fingerprint density at radius 2 is 1.81 bits per heavy atom. The highest BCUT2D eigenvalue weighted by atomic mass is 35.5. The molecule has 0 atom stereocenters. The van der Waals surface area contributed by atoms with Crippen molar-refractivity contribution in [2.75, 3.05) is 26.3 Å². The standard InChI is InChI=1S/C17H15ClN2O6/c1-23-12-5-9(16(19)21)11(6-13(12)24-2)20-17(22)8-3-10(18)15-14(4-8)25-7-26-15/h3-6H,7H2,1-2H3,(H2,19,21)(H,20,22). The quantitative estimate of drug-likeness (QED) is 0.827. The molecule has 0 unspecified atom stereocenters. The van der Waals surface area contributed by atoms with Crippen LogP contribution in [0.4, 0.5) is 5.69 Å². The van der Waals surface area contributed by atoms with Crippen LogP contribution in [0.25, 0.3) is 0 Å². The molecule has 2 aromatic rings. The van der Waals surface area contributed by atoms with Gasteiger partial charge in [0, 0.05) is 11.6 Å². The van der Waals surface area contributed by atoms with Gasteiger partial charge in [-0.25, -0.2) is 0 Å². The number of benzene rings is 2. The van der Waals surface area contributed by atoms with Gasteiger partial charge in [0.25, 0.3) is 11.8 Å². The number of carbonyl (C=O) groups excluding carboxylic acids is 2. The predicted molar refractivity (Wildman–Crippen MR) is 93.6 cm³/mol. The normalized spacial score (nSPS) is 11.8. The molecule has 2 aromatic carbocycles. The number of fused-ring (bicyclic) bond motifs is 1. The van der Waals surface area contributed by atoms with E-state index < -0.39 is 11.8 Å². The van der Waals surface area contributed by atoms with Crippen LogP contribution in [0, 0.1) is 0 Å². The van der Waals surface area contributed by atoms with Crippen molar-refractivity contribution in [2.24, 2.45) is 5.73 Å². The van der Waals surface area contributed by atoms with Gasteiger partial charge in [0.05, 0.1) is 30.5 Å². The van der Waals surface area contributed by atoms with Crippen molar-refractivity contribution in [3.63, 3.8) is 0 Å². The lowest BCUT2D eigenvalue weighted by Gasteiger charge is -2.14. The van der Waals surface area contributed by atoms with Gasteiger partial charge in [-0.05, 0) is 18.2 Å². The molecule has 3 N–H and O–H groups in total. The molecule has 3 rings (SSSR count). The molecule has 1 aliphatic heterocycles. The molecule has 26 heavy (non-hydrogen) atoms. The number of amides is 2. The molecule has 0 saturated heterocycles. The average Bonchev–Trinajstić information content (AvgIpc) is 3.10. The van der Waals surface area contributed by atoms with Crippen LogP contribution in [0.5, 0.6) is 23.0 Å². The molecule has 0 bridgehead atoms. The number of hydrogen-bond donors (Lipinski definition) is 2. The maximum Gasteiger partial charge on any atom is 0.255 e. The van der Waals surface area contributed by atoms with Crippen LogP contribution >= 0.6 is 11.6 Å². The lowest BCUT2D eigenvalue weighted by atomic mass is 10.1. The molecule has 0 aliphatic carbocycles. The Bertz CT molecular complexity index is 899. The summed E-state index contributed by atoms with van der Waals surface area (Å²) in [5.41, 5.74) is 5.87. The van der Waals surface area contributed by atoms with Crippen LogP contribution in [0.3, 0.4) is 0 Å². The van der Waals surface area contributed by atoms with E-state index >= 15 is 0 Å². The van der Waals surface area contributed by atoms with Crippen molar-refractivity contribution >= 4 is 29.1 Å². The summed E-state index contributed by atoms with van der Waals surface area (Å²) in [6.45, 7) is 0.0294. The molecule has 0 spiro atoms. The first-order valence-electron chi connectivity index (χ1n) is 7.41. The summed E-state index contributed by atoms with van der Waals surface area (Å²) in [7, 11) is 2.86. The highest BCUT2D eigenvalue weighted by molar-refractivity contribution is 6.33. The zero-order chi connectivity index (χ0) is 18.8. The number of primary amides is 1. The van der Waals surface area contributed by atoms with E-state index in [1.165, 1.54) is 38.5 Å². The fourth-order valence-corrected chi connectivity index (χ4v) is 2.74. The van der Waals surface area contributed by atoms with Gasteiger partial charge in [-0.3, -0.25) is 9.59 Å². The molecule has 1 aliphatic rings. The molecule has 0 fully saturated rings. The van der Waals surface area contributed by atoms with E-state index in [1.54, 1.807) is 0 Å². The Hall–Kier alpha value is -3.13. The fraction of sp³-hybridized carbons (Fsp3) is 0.176. The Kier molecular flexibility index (Phi) is 4.77. The molecule has 2 amide bonds. The molecule has 0 aromatic heterocycles. The van der Waals surface area contributed by atoms with Gasteiger partial charge in [0.15, 0.2) is 23.0 Å². The van der Waals surface area contributed by atoms with Crippen LogP contribution in [-0.4, -0.2) is 32.8 Å². The third kappa shape index (κ3) is 3.18. The highest BCUT2D eigenvalue weighted by Crippen LogP contribution is 2.40. The topological polar surface area (TPSA) is 109 Å². The Morgan fingerprint density at radius 3 is 2.46 bits per heavy atom. The molecular weight excluding hydrogens is 364 g/mol. The second-order valence-electron chi connectivity index (χ2n) is 5.26. The van der Waals surface area contributed by atoms with E-state index in [0.29, 0.717) is 23.0 Å². The number of nitrogens with one attached hydrogen (secondary N) is 1. The van der Waals surface area contributed by atoms with Crippen LogP contribution in [0.15, 0.2) is 24.3 Å². The molecule has 9 heteroatoms. The van der Waals surface area contributed by atoms with Crippen molar-refractivity contribution in [2.45, 2.75) is 0 Å². The SMILES string of the molecule is COc1cc(NC(=O)c2cc(Cl)c3c(c2)OCO3)c(C(N)=O)cc1OC. The van der Waals surface area contributed by atoms with Crippen molar-refractivity contribution in [1.82, 2.24) is 0 Å². The first-order chi connectivity index (χ1) is 12.4. The van der Waals surface area contributed by atoms with E-state index in [-0.39, 0.29) is 28.6 Å². The molecule has 0 radical (unpaired) electrons. The van der Waals surface area contributed by atoms with Gasteiger partial charge in [-0.2, -0.15) is 0 Å². The summed E-state index contributed by atoms with van der Waals surface area (Å²) in [5, 5.41) is 2.87. The van der Waals surface area contributed by atoms with E-state index in [0.717, 1.165) is 0 Å². The van der Waals surface area contributed by atoms with Gasteiger partial charge in [0.2, 0.25) is 6.79 Å². The van der Waals surface area contributed by atoms with Crippen LogP contribution in [0.2, 0.25) is 5.02 Å². The van der Waals surface area contributed by atoms with Gasteiger partial charge in [-0.15, -0.1) is 0 Å². The maximum atomic E-state index is 12.6. The van der Waals surface area contributed by atoms with Gasteiger partial charge < -0.3 is 30.0 Å². The number of methoxy groups -OCH3 is 2. The smallest absolute Gasteiger partial charge is 0.255 e. The van der Waals surface area contributed by atoms with E-state index in [9.17, 15) is 9.59 Å². The molecule has 8 nitrogen and oxygen atoms in total. The maximum absolute atomic E-state index is 12.6. The van der Waals surface area contributed by atoms with Crippen LogP contribution in [0.1, 0.15) is 20.7 Å². The number of anilines is 1. The number of halogens is 1. The third-order valence-corrected chi connectivity index (χ3v) is 4.01. The molecule has 0 saturated carbocycles. The first-order valence-corrected chi connectivity index (χ1v) is 7.78. The lowest BCUT2D eigenvalue weighted by Crippen LogP contribution is -2.18. The summed E-state index contributed by atoms with van der Waals surface area (Å²) in [6.07, 6.45) is 0. The second-order valence-corrected chi connectivity index (χ2v) is 5.67. The molecular formula is C17H15ClN2O6. The highest BCUT2D eigenvalue weighted by Gasteiger charge is 2.22. The van der Waals surface area contributed by atoms with Gasteiger partial charge in [0.1, 0.15) is 0 Å². The predicted octanol–water partition coefficient (Wildman–Crippen LogP) is 2.44. The van der Waals surface area contributed by atoms with Crippen molar-refractivity contribution in [1.29, 1.82) is 0 Å².